The summed E-state index contributed by atoms with van der Waals surface area (Å²) in [6, 6.07) is 21.6. The molecule has 3 aromatic rings. The number of nitrogens with zero attached hydrogens (tertiary/aromatic N) is 1. The van der Waals surface area contributed by atoms with Crippen LogP contribution >= 0.6 is 0 Å². The molecule has 2 amide bonds. The van der Waals surface area contributed by atoms with Gasteiger partial charge in [-0.2, -0.15) is 0 Å². The number of hydrogen-bond donors (Lipinski definition) is 2. The molecule has 0 unspecified atom stereocenters. The number of carbonyl (C=O) groups is 2. The third-order valence-electron chi connectivity index (χ3n) is 7.39. The summed E-state index contributed by atoms with van der Waals surface area (Å²) in [5, 5.41) is 6.06. The molecule has 7 nitrogen and oxygen atoms in total. The maximum absolute atomic E-state index is 13.3. The van der Waals surface area contributed by atoms with Crippen molar-refractivity contribution < 1.29 is 19.1 Å². The Labute approximate surface area is 224 Å². The Morgan fingerprint density at radius 1 is 0.842 bits per heavy atom. The first-order valence-electron chi connectivity index (χ1n) is 13.3. The Morgan fingerprint density at radius 3 is 2.29 bits per heavy atom. The zero-order valence-electron chi connectivity index (χ0n) is 22.0. The second kappa shape index (κ2) is 11.6. The van der Waals surface area contributed by atoms with Gasteiger partial charge in [-0.05, 0) is 73.9 Å². The van der Waals surface area contributed by atoms with Crippen molar-refractivity contribution in [1.29, 1.82) is 0 Å². The summed E-state index contributed by atoms with van der Waals surface area (Å²) in [4.78, 5) is 28.7. The summed E-state index contributed by atoms with van der Waals surface area (Å²) < 4.78 is 10.6. The Kier molecular flexibility index (Phi) is 7.82. The Bertz CT molecular complexity index is 1280. The second-order valence-corrected chi connectivity index (χ2v) is 10.1. The number of nitrogens with one attached hydrogen (secondary N) is 2. The minimum Gasteiger partial charge on any atom is -0.497 e. The molecule has 0 atom stereocenters. The first-order valence-corrected chi connectivity index (χ1v) is 13.3. The normalized spacial score (nSPS) is 15.6. The van der Waals surface area contributed by atoms with Crippen molar-refractivity contribution in [3.8, 4) is 11.5 Å². The van der Waals surface area contributed by atoms with E-state index in [2.05, 4.69) is 45.9 Å². The highest BCUT2D eigenvalue weighted by Crippen LogP contribution is 2.32. The molecule has 1 heterocycles. The Hall–Kier alpha value is -4.00. The molecule has 2 aliphatic rings. The van der Waals surface area contributed by atoms with Gasteiger partial charge in [-0.3, -0.25) is 9.59 Å². The van der Waals surface area contributed by atoms with Gasteiger partial charge >= 0.3 is 0 Å². The molecule has 3 aromatic carbocycles. The van der Waals surface area contributed by atoms with E-state index in [0.29, 0.717) is 34.2 Å². The van der Waals surface area contributed by atoms with Crippen LogP contribution in [0.25, 0.3) is 0 Å². The van der Waals surface area contributed by atoms with Crippen molar-refractivity contribution in [2.45, 2.75) is 38.1 Å². The summed E-state index contributed by atoms with van der Waals surface area (Å²) >= 11 is 0. The highest BCUT2D eigenvalue weighted by atomic mass is 16.5. The molecule has 0 bridgehead atoms. The van der Waals surface area contributed by atoms with E-state index in [9.17, 15) is 9.59 Å². The first kappa shape index (κ1) is 25.6. The molecular weight excluding hydrogens is 478 g/mol. The van der Waals surface area contributed by atoms with Crippen molar-refractivity contribution in [2.24, 2.45) is 5.92 Å². The topological polar surface area (TPSA) is 79.9 Å². The van der Waals surface area contributed by atoms with E-state index in [1.165, 1.54) is 12.7 Å². The number of hydrogen-bond acceptors (Lipinski definition) is 5. The van der Waals surface area contributed by atoms with E-state index in [1.54, 1.807) is 31.4 Å². The summed E-state index contributed by atoms with van der Waals surface area (Å²) in [7, 11) is 3.08. The molecule has 7 heteroatoms. The lowest BCUT2D eigenvalue weighted by Gasteiger charge is -2.35. The molecule has 38 heavy (non-hydrogen) atoms. The van der Waals surface area contributed by atoms with Crippen LogP contribution in [0.4, 0.5) is 11.4 Å². The molecule has 0 spiro atoms. The third-order valence-corrected chi connectivity index (χ3v) is 7.39. The van der Waals surface area contributed by atoms with Crippen LogP contribution in [0.15, 0.2) is 66.7 Å². The Morgan fingerprint density at radius 2 is 1.61 bits per heavy atom. The molecule has 2 fully saturated rings. The van der Waals surface area contributed by atoms with Crippen LogP contribution in [0.3, 0.4) is 0 Å². The maximum atomic E-state index is 13.3. The number of rotatable bonds is 9. The van der Waals surface area contributed by atoms with Crippen LogP contribution < -0.4 is 25.0 Å². The average Bonchev–Trinajstić information content (AvgIpc) is 3.77. The highest BCUT2D eigenvalue weighted by molar-refractivity contribution is 6.08. The van der Waals surface area contributed by atoms with Crippen molar-refractivity contribution in [1.82, 2.24) is 5.32 Å². The molecule has 2 N–H and O–H groups in total. The van der Waals surface area contributed by atoms with Gasteiger partial charge in [0.15, 0.2) is 0 Å². The number of carbonyl (C=O) groups excluding carboxylic acids is 2. The molecule has 1 saturated heterocycles. The zero-order chi connectivity index (χ0) is 26.5. The smallest absolute Gasteiger partial charge is 0.259 e. The Balaban J connectivity index is 1.32. The molecular formula is C31H35N3O4. The molecule has 198 valence electrons. The van der Waals surface area contributed by atoms with Gasteiger partial charge in [-0.1, -0.05) is 30.3 Å². The van der Waals surface area contributed by atoms with Crippen LogP contribution in [0, 0.1) is 5.92 Å². The van der Waals surface area contributed by atoms with Crippen LogP contribution in [0.1, 0.15) is 52.0 Å². The predicted octanol–water partition coefficient (Wildman–Crippen LogP) is 5.31. The largest absolute Gasteiger partial charge is 0.497 e. The minimum absolute atomic E-state index is 0.0907. The molecule has 1 aliphatic carbocycles. The lowest BCUT2D eigenvalue weighted by Crippen LogP contribution is -2.36. The third kappa shape index (κ3) is 6.10. The first-order chi connectivity index (χ1) is 18.5. The van der Waals surface area contributed by atoms with E-state index in [0.717, 1.165) is 50.9 Å². The second-order valence-electron chi connectivity index (χ2n) is 10.1. The predicted molar refractivity (Wildman–Crippen MR) is 150 cm³/mol. The summed E-state index contributed by atoms with van der Waals surface area (Å²) in [6.45, 7) is 1.80. The van der Waals surface area contributed by atoms with Crippen molar-refractivity contribution in [3.05, 3.63) is 83.4 Å². The number of amides is 2. The quantitative estimate of drug-likeness (QED) is 0.406. The van der Waals surface area contributed by atoms with E-state index >= 15 is 0 Å². The van der Waals surface area contributed by atoms with Gasteiger partial charge in [0.1, 0.15) is 11.5 Å². The van der Waals surface area contributed by atoms with Gasteiger partial charge in [0.25, 0.3) is 11.8 Å². The fraction of sp³-hybridized carbons (Fsp3) is 0.355. The van der Waals surface area contributed by atoms with Crippen LogP contribution in [0.5, 0.6) is 11.5 Å². The monoisotopic (exact) mass is 513 g/mol. The highest BCUT2D eigenvalue weighted by Gasteiger charge is 2.28. The fourth-order valence-corrected chi connectivity index (χ4v) is 5.07. The maximum Gasteiger partial charge on any atom is 0.259 e. The number of methoxy groups -OCH3 is 2. The molecule has 1 saturated carbocycles. The SMILES string of the molecule is COc1ccc(C(=O)Nc2ccc(N3CCC(Cc4ccccc4)CC3)c(C(=O)NC3CC3)c2)c(OC)c1. The number of ether oxygens (including phenoxy) is 2. The summed E-state index contributed by atoms with van der Waals surface area (Å²) in [5.74, 6) is 1.26. The van der Waals surface area contributed by atoms with Crippen molar-refractivity contribution >= 4 is 23.2 Å². The van der Waals surface area contributed by atoms with Crippen LogP contribution in [-0.4, -0.2) is 45.2 Å². The van der Waals surface area contributed by atoms with Crippen molar-refractivity contribution in [3.63, 3.8) is 0 Å². The van der Waals surface area contributed by atoms with Crippen molar-refractivity contribution in [2.75, 3.05) is 37.5 Å². The zero-order valence-corrected chi connectivity index (χ0v) is 22.0. The lowest BCUT2D eigenvalue weighted by atomic mass is 9.89. The van der Waals surface area contributed by atoms with E-state index in [-0.39, 0.29) is 17.9 Å². The summed E-state index contributed by atoms with van der Waals surface area (Å²) in [6.07, 6.45) is 5.27. The van der Waals surface area contributed by atoms with E-state index in [4.69, 9.17) is 9.47 Å². The molecule has 5 rings (SSSR count). The van der Waals surface area contributed by atoms with Gasteiger partial charge in [-0.25, -0.2) is 0 Å². The van der Waals surface area contributed by atoms with Crippen LogP contribution in [0.2, 0.25) is 0 Å². The molecule has 1 aliphatic heterocycles. The standard InChI is InChI=1S/C31H35N3O4/c1-37-25-11-12-26(29(20-25)38-2)30(35)33-24-10-13-28(27(19-24)31(36)32-23-8-9-23)34-16-14-22(15-17-34)18-21-6-4-3-5-7-21/h3-7,10-13,19-20,22-23H,8-9,14-18H2,1-2H3,(H,32,36)(H,33,35). The minimum atomic E-state index is -0.312. The molecule has 0 aromatic heterocycles. The summed E-state index contributed by atoms with van der Waals surface area (Å²) in [5.41, 5.74) is 3.85. The van der Waals surface area contributed by atoms with Gasteiger partial charge in [0.05, 0.1) is 25.3 Å². The van der Waals surface area contributed by atoms with Gasteiger partial charge in [0, 0.05) is 36.6 Å². The van der Waals surface area contributed by atoms with Gasteiger partial charge < -0.3 is 25.0 Å². The molecule has 0 radical (unpaired) electrons. The number of anilines is 2. The van der Waals surface area contributed by atoms with Gasteiger partial charge in [-0.15, -0.1) is 0 Å². The lowest BCUT2D eigenvalue weighted by molar-refractivity contribution is 0.0950. The number of piperidine rings is 1. The average molecular weight is 514 g/mol. The van der Waals surface area contributed by atoms with Crippen LogP contribution in [-0.2, 0) is 6.42 Å². The van der Waals surface area contributed by atoms with E-state index in [1.807, 2.05) is 12.1 Å². The van der Waals surface area contributed by atoms with E-state index < -0.39 is 0 Å². The van der Waals surface area contributed by atoms with Gasteiger partial charge in [0.2, 0.25) is 0 Å². The fourth-order valence-electron chi connectivity index (χ4n) is 5.07. The number of benzene rings is 3.